The lowest BCUT2D eigenvalue weighted by Crippen LogP contribution is -2.12. The summed E-state index contributed by atoms with van der Waals surface area (Å²) in [5, 5.41) is 29.2. The number of hydrogen-bond donors (Lipinski definition) is 1. The van der Waals surface area contributed by atoms with Gasteiger partial charge in [0.1, 0.15) is 0 Å². The molecule has 1 heterocycles. The van der Waals surface area contributed by atoms with Gasteiger partial charge in [-0.15, -0.1) is 10.2 Å². The minimum atomic E-state index is -0.972. The summed E-state index contributed by atoms with van der Waals surface area (Å²) in [7, 11) is 0. The summed E-state index contributed by atoms with van der Waals surface area (Å²) in [5.41, 5.74) is 5.59. The molecule has 2 N–H and O–H groups in total. The topological polar surface area (TPSA) is 178 Å². The van der Waals surface area contributed by atoms with Crippen LogP contribution in [0.25, 0.3) is 11.5 Å². The van der Waals surface area contributed by atoms with E-state index in [-0.39, 0.29) is 34.4 Å². The number of non-ortho nitro benzene ring substituents is 2. The summed E-state index contributed by atoms with van der Waals surface area (Å²) in [6.07, 6.45) is -0.972. The van der Waals surface area contributed by atoms with Crippen LogP contribution in [-0.2, 0) is 4.74 Å². The van der Waals surface area contributed by atoms with Crippen molar-refractivity contribution in [1.29, 1.82) is 0 Å². The second kappa shape index (κ2) is 7.72. The molecular formula is C17H13N5O7. The number of rotatable bonds is 6. The van der Waals surface area contributed by atoms with Crippen LogP contribution in [0.1, 0.15) is 29.3 Å². The second-order valence-electron chi connectivity index (χ2n) is 5.83. The monoisotopic (exact) mass is 399 g/mol. The zero-order chi connectivity index (χ0) is 21.1. The molecule has 0 fully saturated rings. The number of nitro benzene ring substituents is 2. The Morgan fingerprint density at radius 2 is 1.69 bits per heavy atom. The summed E-state index contributed by atoms with van der Waals surface area (Å²) < 4.78 is 10.7. The van der Waals surface area contributed by atoms with Gasteiger partial charge in [-0.1, -0.05) is 0 Å². The third kappa shape index (κ3) is 4.16. The molecule has 0 aliphatic rings. The lowest BCUT2D eigenvalue weighted by Gasteiger charge is -2.10. The molecule has 29 heavy (non-hydrogen) atoms. The SMILES string of the molecule is CC(OC(=O)c1cc([N+](=O)[O-])ccc1N)c1nnc(-c2ccc([N+](=O)[O-])cc2)o1. The smallest absolute Gasteiger partial charge is 0.341 e. The highest BCUT2D eigenvalue weighted by atomic mass is 16.6. The normalized spacial score (nSPS) is 11.6. The van der Waals surface area contributed by atoms with E-state index >= 15 is 0 Å². The molecule has 1 unspecified atom stereocenters. The van der Waals surface area contributed by atoms with E-state index in [0.29, 0.717) is 5.56 Å². The van der Waals surface area contributed by atoms with Crippen molar-refractivity contribution >= 4 is 23.0 Å². The first kappa shape index (κ1) is 19.4. The van der Waals surface area contributed by atoms with Crippen molar-refractivity contribution in [3.05, 3.63) is 74.1 Å². The number of nitrogen functional groups attached to an aromatic ring is 1. The van der Waals surface area contributed by atoms with Crippen LogP contribution in [0.3, 0.4) is 0 Å². The van der Waals surface area contributed by atoms with Crippen molar-refractivity contribution in [2.24, 2.45) is 0 Å². The molecular weight excluding hydrogens is 386 g/mol. The van der Waals surface area contributed by atoms with Crippen molar-refractivity contribution in [2.45, 2.75) is 13.0 Å². The number of anilines is 1. The van der Waals surface area contributed by atoms with Gasteiger partial charge in [-0.3, -0.25) is 20.2 Å². The maximum absolute atomic E-state index is 12.3. The van der Waals surface area contributed by atoms with Gasteiger partial charge in [0.25, 0.3) is 17.3 Å². The molecule has 0 bridgehead atoms. The van der Waals surface area contributed by atoms with E-state index in [4.69, 9.17) is 14.9 Å². The Morgan fingerprint density at radius 3 is 2.31 bits per heavy atom. The maximum Gasteiger partial charge on any atom is 0.341 e. The van der Waals surface area contributed by atoms with Crippen LogP contribution in [-0.4, -0.2) is 26.0 Å². The van der Waals surface area contributed by atoms with E-state index < -0.39 is 21.9 Å². The van der Waals surface area contributed by atoms with E-state index in [1.807, 2.05) is 0 Å². The third-order valence-electron chi connectivity index (χ3n) is 3.86. The quantitative estimate of drug-likeness (QED) is 0.280. The molecule has 0 amide bonds. The number of nitrogens with zero attached hydrogens (tertiary/aromatic N) is 4. The van der Waals surface area contributed by atoms with Gasteiger partial charge in [0.2, 0.25) is 5.89 Å². The fraction of sp³-hybridized carbons (Fsp3) is 0.118. The maximum atomic E-state index is 12.3. The van der Waals surface area contributed by atoms with Crippen molar-refractivity contribution in [3.8, 4) is 11.5 Å². The molecule has 3 rings (SSSR count). The standard InChI is InChI=1S/C17H13N5O7/c1-9(28-17(23)13-8-12(22(26)27)6-7-14(13)18)15-19-20-16(29-15)10-2-4-11(5-3-10)21(24)25/h2-9H,18H2,1H3. The predicted molar refractivity (Wildman–Crippen MR) is 97.7 cm³/mol. The van der Waals surface area contributed by atoms with Gasteiger partial charge in [0, 0.05) is 35.5 Å². The van der Waals surface area contributed by atoms with Crippen molar-refractivity contribution in [2.75, 3.05) is 5.73 Å². The van der Waals surface area contributed by atoms with E-state index in [1.165, 1.54) is 43.3 Å². The zero-order valence-electron chi connectivity index (χ0n) is 14.8. The first-order chi connectivity index (χ1) is 13.8. The van der Waals surface area contributed by atoms with Gasteiger partial charge in [-0.2, -0.15) is 0 Å². The fourth-order valence-corrected chi connectivity index (χ4v) is 2.35. The highest BCUT2D eigenvalue weighted by molar-refractivity contribution is 5.95. The number of benzene rings is 2. The Kier molecular flexibility index (Phi) is 5.17. The molecule has 1 aromatic heterocycles. The number of nitro groups is 2. The average Bonchev–Trinajstić information content (AvgIpc) is 3.18. The lowest BCUT2D eigenvalue weighted by molar-refractivity contribution is -0.385. The first-order valence-electron chi connectivity index (χ1n) is 8.09. The van der Waals surface area contributed by atoms with E-state index in [1.54, 1.807) is 0 Å². The molecule has 2 aromatic carbocycles. The summed E-state index contributed by atoms with van der Waals surface area (Å²) >= 11 is 0. The molecule has 0 aliphatic heterocycles. The Morgan fingerprint density at radius 1 is 1.07 bits per heavy atom. The molecule has 0 saturated carbocycles. The molecule has 148 valence electrons. The number of aromatic nitrogens is 2. The molecule has 12 heteroatoms. The Hall–Kier alpha value is -4.35. The molecule has 0 radical (unpaired) electrons. The van der Waals surface area contributed by atoms with Gasteiger partial charge in [0.15, 0.2) is 6.10 Å². The molecule has 1 atom stereocenters. The lowest BCUT2D eigenvalue weighted by atomic mass is 10.1. The number of carbonyl (C=O) groups is 1. The molecule has 0 aliphatic carbocycles. The summed E-state index contributed by atoms with van der Waals surface area (Å²) in [6.45, 7) is 1.47. The van der Waals surface area contributed by atoms with Crippen LogP contribution >= 0.6 is 0 Å². The molecule has 0 spiro atoms. The van der Waals surface area contributed by atoms with E-state index in [0.717, 1.165) is 6.07 Å². The first-order valence-corrected chi connectivity index (χ1v) is 8.09. The number of ether oxygens (including phenoxy) is 1. The molecule has 0 saturated heterocycles. The average molecular weight is 399 g/mol. The summed E-state index contributed by atoms with van der Waals surface area (Å²) in [6, 6.07) is 8.87. The Labute approximate surface area is 162 Å². The van der Waals surface area contributed by atoms with E-state index in [9.17, 15) is 25.0 Å². The Balaban J connectivity index is 1.76. The number of carbonyl (C=O) groups excluding carboxylic acids is 1. The van der Waals surface area contributed by atoms with Crippen molar-refractivity contribution in [3.63, 3.8) is 0 Å². The summed E-state index contributed by atoms with van der Waals surface area (Å²) in [4.78, 5) is 32.7. The minimum absolute atomic E-state index is 0.0184. The van der Waals surface area contributed by atoms with Gasteiger partial charge in [0.05, 0.1) is 15.4 Å². The predicted octanol–water partition coefficient (Wildman–Crippen LogP) is 3.05. The Bertz CT molecular complexity index is 1090. The zero-order valence-corrected chi connectivity index (χ0v) is 14.8. The fourth-order valence-electron chi connectivity index (χ4n) is 2.35. The van der Waals surface area contributed by atoms with Crippen LogP contribution in [0.5, 0.6) is 0 Å². The van der Waals surface area contributed by atoms with Crippen LogP contribution in [0, 0.1) is 20.2 Å². The van der Waals surface area contributed by atoms with Gasteiger partial charge < -0.3 is 14.9 Å². The number of nitrogens with two attached hydrogens (primary N) is 1. The number of hydrogen-bond acceptors (Lipinski definition) is 10. The second-order valence-corrected chi connectivity index (χ2v) is 5.83. The van der Waals surface area contributed by atoms with Gasteiger partial charge in [-0.05, 0) is 25.1 Å². The van der Waals surface area contributed by atoms with Crippen molar-refractivity contribution < 1.29 is 23.8 Å². The van der Waals surface area contributed by atoms with Crippen LogP contribution in [0.15, 0.2) is 46.9 Å². The van der Waals surface area contributed by atoms with Gasteiger partial charge >= 0.3 is 5.97 Å². The van der Waals surface area contributed by atoms with Crippen LogP contribution in [0.4, 0.5) is 17.1 Å². The number of esters is 1. The molecule has 3 aromatic rings. The minimum Gasteiger partial charge on any atom is -0.449 e. The largest absolute Gasteiger partial charge is 0.449 e. The summed E-state index contributed by atoms with van der Waals surface area (Å²) in [5.74, 6) is -0.850. The highest BCUT2D eigenvalue weighted by Crippen LogP contribution is 2.26. The third-order valence-corrected chi connectivity index (χ3v) is 3.86. The van der Waals surface area contributed by atoms with Gasteiger partial charge in [-0.25, -0.2) is 4.79 Å². The van der Waals surface area contributed by atoms with Crippen LogP contribution < -0.4 is 5.73 Å². The molecule has 12 nitrogen and oxygen atoms in total. The van der Waals surface area contributed by atoms with Crippen molar-refractivity contribution in [1.82, 2.24) is 10.2 Å². The van der Waals surface area contributed by atoms with E-state index in [2.05, 4.69) is 10.2 Å². The highest BCUT2D eigenvalue weighted by Gasteiger charge is 2.23. The van der Waals surface area contributed by atoms with Crippen LogP contribution in [0.2, 0.25) is 0 Å².